The summed E-state index contributed by atoms with van der Waals surface area (Å²) in [5, 5.41) is 8.97. The summed E-state index contributed by atoms with van der Waals surface area (Å²) >= 11 is 5.66. The topological polar surface area (TPSA) is 53.4 Å². The SMILES string of the molecule is O=C1CC[C@H](CO)N1c1ccc2nc(Cl)cc(C(F)(F)F)c2c1. The maximum absolute atomic E-state index is 13.2. The number of carbonyl (C=O) groups excluding carboxylic acids is 1. The smallest absolute Gasteiger partial charge is 0.394 e. The van der Waals surface area contributed by atoms with Gasteiger partial charge in [0.05, 0.1) is 23.7 Å². The van der Waals surface area contributed by atoms with Crippen LogP contribution in [0.3, 0.4) is 0 Å². The number of aliphatic hydroxyl groups is 1. The van der Waals surface area contributed by atoms with E-state index in [1.807, 2.05) is 0 Å². The first-order valence-electron chi connectivity index (χ1n) is 6.91. The molecule has 0 unspecified atom stereocenters. The van der Waals surface area contributed by atoms with Gasteiger partial charge in [-0.05, 0) is 30.7 Å². The van der Waals surface area contributed by atoms with Gasteiger partial charge >= 0.3 is 6.18 Å². The highest BCUT2D eigenvalue weighted by Gasteiger charge is 2.35. The fraction of sp³-hybridized carbons (Fsp3) is 0.333. The predicted molar refractivity (Wildman–Crippen MR) is 79.3 cm³/mol. The van der Waals surface area contributed by atoms with Crippen molar-refractivity contribution in [3.8, 4) is 0 Å². The molecule has 1 atom stereocenters. The second-order valence-corrected chi connectivity index (χ2v) is 5.72. The number of anilines is 1. The summed E-state index contributed by atoms with van der Waals surface area (Å²) in [5.74, 6) is -0.223. The molecule has 2 heterocycles. The van der Waals surface area contributed by atoms with Gasteiger partial charge in [0.25, 0.3) is 0 Å². The molecule has 0 aliphatic carbocycles. The monoisotopic (exact) mass is 344 g/mol. The lowest BCUT2D eigenvalue weighted by atomic mass is 10.1. The second-order valence-electron chi connectivity index (χ2n) is 5.33. The average molecular weight is 345 g/mol. The Hall–Kier alpha value is -1.86. The average Bonchev–Trinajstić information content (AvgIpc) is 2.86. The highest BCUT2D eigenvalue weighted by molar-refractivity contribution is 6.30. The van der Waals surface area contributed by atoms with Crippen molar-refractivity contribution in [2.75, 3.05) is 11.5 Å². The Bertz CT molecular complexity index is 779. The van der Waals surface area contributed by atoms with Crippen molar-refractivity contribution in [1.29, 1.82) is 0 Å². The minimum absolute atomic E-state index is 0.0979. The van der Waals surface area contributed by atoms with Gasteiger partial charge in [0, 0.05) is 17.5 Å². The third kappa shape index (κ3) is 2.86. The number of benzene rings is 1. The molecule has 0 saturated carbocycles. The zero-order valence-electron chi connectivity index (χ0n) is 11.8. The maximum atomic E-state index is 13.2. The quantitative estimate of drug-likeness (QED) is 0.850. The van der Waals surface area contributed by atoms with Crippen LogP contribution in [0, 0.1) is 0 Å². The van der Waals surface area contributed by atoms with Crippen LogP contribution >= 0.6 is 11.6 Å². The lowest BCUT2D eigenvalue weighted by molar-refractivity contribution is -0.136. The zero-order valence-corrected chi connectivity index (χ0v) is 12.5. The number of rotatable bonds is 2. The minimum Gasteiger partial charge on any atom is -0.394 e. The number of hydrogen-bond acceptors (Lipinski definition) is 3. The molecule has 3 rings (SSSR count). The molecule has 1 aliphatic heterocycles. The van der Waals surface area contributed by atoms with Crippen LogP contribution < -0.4 is 4.90 Å². The fourth-order valence-electron chi connectivity index (χ4n) is 2.84. The maximum Gasteiger partial charge on any atom is 0.417 e. The van der Waals surface area contributed by atoms with E-state index in [4.69, 9.17) is 11.6 Å². The van der Waals surface area contributed by atoms with Crippen molar-refractivity contribution in [2.24, 2.45) is 0 Å². The number of pyridine rings is 1. The summed E-state index contributed by atoms with van der Waals surface area (Å²) in [4.78, 5) is 17.2. The molecule has 1 aliphatic rings. The standard InChI is InChI=1S/C15H12ClF3N2O2/c16-13-6-11(15(17,18)19)10-5-8(1-3-12(10)20-13)21-9(7-22)2-4-14(21)23/h1,3,5-6,9,22H,2,4,7H2/t9-/m1/s1. The molecule has 0 spiro atoms. The van der Waals surface area contributed by atoms with Crippen LogP contribution in [0.1, 0.15) is 18.4 Å². The highest BCUT2D eigenvalue weighted by atomic mass is 35.5. The van der Waals surface area contributed by atoms with Crippen molar-refractivity contribution in [2.45, 2.75) is 25.1 Å². The number of fused-ring (bicyclic) bond motifs is 1. The Balaban J connectivity index is 2.18. The van der Waals surface area contributed by atoms with Crippen LogP contribution in [0.4, 0.5) is 18.9 Å². The molecule has 1 fully saturated rings. The molecule has 4 nitrogen and oxygen atoms in total. The molecule has 2 aromatic rings. The van der Waals surface area contributed by atoms with Crippen molar-refractivity contribution >= 4 is 34.1 Å². The summed E-state index contributed by atoms with van der Waals surface area (Å²) in [6.07, 6.45) is -3.86. The van der Waals surface area contributed by atoms with E-state index in [0.29, 0.717) is 12.1 Å². The molecule has 1 aromatic carbocycles. The summed E-state index contributed by atoms with van der Waals surface area (Å²) in [5.41, 5.74) is -0.490. The van der Waals surface area contributed by atoms with E-state index in [0.717, 1.165) is 6.07 Å². The van der Waals surface area contributed by atoms with Crippen molar-refractivity contribution in [1.82, 2.24) is 4.98 Å². The molecule has 23 heavy (non-hydrogen) atoms. The number of nitrogens with zero attached hydrogens (tertiary/aromatic N) is 2. The van der Waals surface area contributed by atoms with E-state index in [1.54, 1.807) is 0 Å². The van der Waals surface area contributed by atoms with Crippen LogP contribution in [0.15, 0.2) is 24.3 Å². The molecular formula is C15H12ClF3N2O2. The number of carbonyl (C=O) groups is 1. The molecular weight excluding hydrogens is 333 g/mol. The fourth-order valence-corrected chi connectivity index (χ4v) is 3.04. The van der Waals surface area contributed by atoms with Gasteiger partial charge in [0.1, 0.15) is 5.15 Å². The first kappa shape index (κ1) is 16.0. The summed E-state index contributed by atoms with van der Waals surface area (Å²) < 4.78 is 39.7. The van der Waals surface area contributed by atoms with Crippen molar-refractivity contribution < 1.29 is 23.1 Å². The molecule has 1 amide bonds. The second kappa shape index (κ2) is 5.65. The normalized spacial score (nSPS) is 18.9. The van der Waals surface area contributed by atoms with Gasteiger partial charge in [-0.2, -0.15) is 13.2 Å². The van der Waals surface area contributed by atoms with Gasteiger partial charge in [0.2, 0.25) is 5.91 Å². The molecule has 1 aromatic heterocycles. The predicted octanol–water partition coefficient (Wildman–Crippen LogP) is 3.39. The lowest BCUT2D eigenvalue weighted by Crippen LogP contribution is -2.35. The third-order valence-electron chi connectivity index (χ3n) is 3.88. The number of hydrogen-bond donors (Lipinski definition) is 1. The van der Waals surface area contributed by atoms with Crippen LogP contribution in [-0.2, 0) is 11.0 Å². The van der Waals surface area contributed by atoms with Gasteiger partial charge in [0.15, 0.2) is 0 Å². The van der Waals surface area contributed by atoms with Crippen LogP contribution in [0.25, 0.3) is 10.9 Å². The molecule has 0 bridgehead atoms. The molecule has 0 radical (unpaired) electrons. The molecule has 1 saturated heterocycles. The number of alkyl halides is 3. The Kier molecular flexibility index (Phi) is 3.93. The van der Waals surface area contributed by atoms with E-state index < -0.39 is 17.8 Å². The minimum atomic E-state index is -4.59. The van der Waals surface area contributed by atoms with Gasteiger partial charge in [-0.15, -0.1) is 0 Å². The van der Waals surface area contributed by atoms with Gasteiger partial charge in [-0.3, -0.25) is 4.79 Å². The van der Waals surface area contributed by atoms with E-state index in [9.17, 15) is 23.1 Å². The van der Waals surface area contributed by atoms with Gasteiger partial charge in [-0.1, -0.05) is 11.6 Å². The Morgan fingerprint density at radius 3 is 2.74 bits per heavy atom. The molecule has 8 heteroatoms. The largest absolute Gasteiger partial charge is 0.417 e. The molecule has 122 valence electrons. The van der Waals surface area contributed by atoms with Crippen LogP contribution in [0.5, 0.6) is 0 Å². The lowest BCUT2D eigenvalue weighted by Gasteiger charge is -2.24. The van der Waals surface area contributed by atoms with Crippen molar-refractivity contribution in [3.63, 3.8) is 0 Å². The van der Waals surface area contributed by atoms with Gasteiger partial charge < -0.3 is 10.0 Å². The highest BCUT2D eigenvalue weighted by Crippen LogP contribution is 2.38. The Morgan fingerprint density at radius 2 is 2.09 bits per heavy atom. The van der Waals surface area contributed by atoms with E-state index >= 15 is 0 Å². The zero-order chi connectivity index (χ0) is 16.8. The third-order valence-corrected chi connectivity index (χ3v) is 4.07. The molecule has 1 N–H and O–H groups in total. The number of aromatic nitrogens is 1. The Labute approximate surface area is 134 Å². The van der Waals surface area contributed by atoms with E-state index in [1.165, 1.54) is 23.1 Å². The summed E-state index contributed by atoms with van der Waals surface area (Å²) in [6, 6.07) is 4.52. The Morgan fingerprint density at radius 1 is 1.35 bits per heavy atom. The summed E-state index contributed by atoms with van der Waals surface area (Å²) in [6.45, 7) is -0.241. The number of aliphatic hydroxyl groups excluding tert-OH is 1. The van der Waals surface area contributed by atoms with E-state index in [-0.39, 0.29) is 35.0 Å². The van der Waals surface area contributed by atoms with Gasteiger partial charge in [-0.25, -0.2) is 4.98 Å². The summed E-state index contributed by atoms with van der Waals surface area (Å²) in [7, 11) is 0. The number of amides is 1. The van der Waals surface area contributed by atoms with E-state index in [2.05, 4.69) is 4.98 Å². The van der Waals surface area contributed by atoms with Crippen molar-refractivity contribution in [3.05, 3.63) is 35.0 Å². The first-order valence-corrected chi connectivity index (χ1v) is 7.29. The number of halogens is 4. The van der Waals surface area contributed by atoms with Crippen LogP contribution in [0.2, 0.25) is 5.15 Å². The first-order chi connectivity index (χ1) is 10.8. The van der Waals surface area contributed by atoms with Crippen LogP contribution in [-0.4, -0.2) is 28.6 Å².